The third-order valence-corrected chi connectivity index (χ3v) is 5.70. The number of hydrogen-bond donors (Lipinski definition) is 0. The Balaban J connectivity index is 2.86. The van der Waals surface area contributed by atoms with Gasteiger partial charge in [-0.3, -0.25) is 0 Å². The summed E-state index contributed by atoms with van der Waals surface area (Å²) in [6.45, 7) is 9.03. The van der Waals surface area contributed by atoms with Gasteiger partial charge < -0.3 is 0 Å². The summed E-state index contributed by atoms with van der Waals surface area (Å²) in [7, 11) is 0. The zero-order valence-corrected chi connectivity index (χ0v) is 12.1. The highest BCUT2D eigenvalue weighted by Gasteiger charge is 2.29. The van der Waals surface area contributed by atoms with Gasteiger partial charge in [0.05, 0.1) is 9.85 Å². The second kappa shape index (κ2) is 4.54. The normalized spacial score (nSPS) is 16.7. The number of halogens is 2. The van der Waals surface area contributed by atoms with Crippen LogP contribution >= 0.6 is 38.9 Å². The van der Waals surface area contributed by atoms with Gasteiger partial charge in [0.1, 0.15) is 0 Å². The van der Waals surface area contributed by atoms with Crippen molar-refractivity contribution in [2.75, 3.05) is 0 Å². The molecule has 0 N–H and O–H groups in total. The molecule has 0 aromatic carbocycles. The molecule has 0 radical (unpaired) electrons. The van der Waals surface area contributed by atoms with Crippen molar-refractivity contribution in [3.8, 4) is 0 Å². The van der Waals surface area contributed by atoms with Gasteiger partial charge in [-0.2, -0.15) is 0 Å². The maximum absolute atomic E-state index is 6.11. The third-order valence-electron chi connectivity index (χ3n) is 2.70. The molecule has 0 spiro atoms. The van der Waals surface area contributed by atoms with Gasteiger partial charge in [-0.05, 0) is 22.8 Å². The molecule has 0 saturated heterocycles. The Morgan fingerprint density at radius 2 is 2.00 bits per heavy atom. The predicted octanol–water partition coefficient (Wildman–Crippen LogP) is 5.52. The molecule has 0 fully saturated rings. The Bertz CT molecular complexity index is 300. The van der Waals surface area contributed by atoms with E-state index in [1.807, 2.05) is 11.4 Å². The molecule has 2 atom stereocenters. The van der Waals surface area contributed by atoms with Gasteiger partial charge in [0, 0.05) is 4.88 Å². The Labute approximate surface area is 104 Å². The van der Waals surface area contributed by atoms with Crippen molar-refractivity contribution in [2.24, 2.45) is 11.3 Å². The molecule has 2 unspecified atom stereocenters. The van der Waals surface area contributed by atoms with Gasteiger partial charge in [0.15, 0.2) is 0 Å². The SMILES string of the molecule is CC(C(Br)c1sccc1Cl)C(C)(C)C. The molecule has 3 heteroatoms. The van der Waals surface area contributed by atoms with E-state index >= 15 is 0 Å². The number of rotatable bonds is 2. The molecule has 0 aliphatic carbocycles. The lowest BCUT2D eigenvalue weighted by Gasteiger charge is -2.31. The van der Waals surface area contributed by atoms with Crippen molar-refractivity contribution >= 4 is 38.9 Å². The topological polar surface area (TPSA) is 0 Å². The zero-order chi connectivity index (χ0) is 10.9. The maximum atomic E-state index is 6.11. The van der Waals surface area contributed by atoms with Crippen molar-refractivity contribution in [1.82, 2.24) is 0 Å². The van der Waals surface area contributed by atoms with Gasteiger partial charge in [-0.25, -0.2) is 0 Å². The van der Waals surface area contributed by atoms with E-state index in [1.54, 1.807) is 11.3 Å². The van der Waals surface area contributed by atoms with Crippen LogP contribution in [0.3, 0.4) is 0 Å². The van der Waals surface area contributed by atoms with Gasteiger partial charge in [0.25, 0.3) is 0 Å². The molecule has 1 heterocycles. The Hall–Kier alpha value is 0.470. The van der Waals surface area contributed by atoms with E-state index in [4.69, 9.17) is 11.6 Å². The second-order valence-electron chi connectivity index (χ2n) is 4.69. The molecule has 0 amide bonds. The molecule has 0 bridgehead atoms. The molecule has 0 aliphatic rings. The molecule has 0 saturated carbocycles. The summed E-state index contributed by atoms with van der Waals surface area (Å²) in [5.74, 6) is 0.554. The first-order chi connectivity index (χ1) is 6.34. The lowest BCUT2D eigenvalue weighted by atomic mass is 9.80. The number of hydrogen-bond acceptors (Lipinski definition) is 1. The van der Waals surface area contributed by atoms with Crippen molar-refractivity contribution in [3.63, 3.8) is 0 Å². The third kappa shape index (κ3) is 2.74. The fourth-order valence-electron chi connectivity index (χ4n) is 1.17. The van der Waals surface area contributed by atoms with E-state index in [0.29, 0.717) is 16.2 Å². The lowest BCUT2D eigenvalue weighted by molar-refractivity contribution is 0.260. The summed E-state index contributed by atoms with van der Waals surface area (Å²) >= 11 is 11.6. The standard InChI is InChI=1S/C11H16BrClS/c1-7(11(2,3)4)9(12)10-8(13)5-6-14-10/h5-7,9H,1-4H3. The van der Waals surface area contributed by atoms with Crippen LogP contribution in [0.15, 0.2) is 11.4 Å². The average Bonchev–Trinajstić information content (AvgIpc) is 2.47. The van der Waals surface area contributed by atoms with Crippen LogP contribution in [0.25, 0.3) is 0 Å². The fourth-order valence-corrected chi connectivity index (χ4v) is 3.92. The van der Waals surface area contributed by atoms with Gasteiger partial charge in [-0.15, -0.1) is 11.3 Å². The summed E-state index contributed by atoms with van der Waals surface area (Å²) < 4.78 is 0. The molecule has 1 rings (SSSR count). The van der Waals surface area contributed by atoms with Gasteiger partial charge >= 0.3 is 0 Å². The molecule has 1 aromatic rings. The highest BCUT2D eigenvalue weighted by molar-refractivity contribution is 9.09. The van der Waals surface area contributed by atoms with Crippen molar-refractivity contribution in [3.05, 3.63) is 21.3 Å². The zero-order valence-electron chi connectivity index (χ0n) is 8.97. The van der Waals surface area contributed by atoms with Crippen LogP contribution in [-0.4, -0.2) is 0 Å². The molecule has 14 heavy (non-hydrogen) atoms. The smallest absolute Gasteiger partial charge is 0.0556 e. The largest absolute Gasteiger partial charge is 0.146 e. The molecular formula is C11H16BrClS. The average molecular weight is 296 g/mol. The summed E-state index contributed by atoms with van der Waals surface area (Å²) in [6, 6.07) is 1.96. The summed E-state index contributed by atoms with van der Waals surface area (Å²) in [5.41, 5.74) is 0.293. The number of alkyl halides is 1. The van der Waals surface area contributed by atoms with Gasteiger partial charge in [0.2, 0.25) is 0 Å². The molecular weight excluding hydrogens is 280 g/mol. The number of thiophene rings is 1. The minimum Gasteiger partial charge on any atom is -0.146 e. The molecule has 0 aliphatic heterocycles. The second-order valence-corrected chi connectivity index (χ2v) is 7.03. The van der Waals surface area contributed by atoms with Crippen LogP contribution in [0, 0.1) is 11.3 Å². The minimum atomic E-state index is 0.293. The first kappa shape index (κ1) is 12.5. The first-order valence-electron chi connectivity index (χ1n) is 4.71. The van der Waals surface area contributed by atoms with Crippen molar-refractivity contribution < 1.29 is 0 Å². The fraction of sp³-hybridized carbons (Fsp3) is 0.636. The monoisotopic (exact) mass is 294 g/mol. The predicted molar refractivity (Wildman–Crippen MR) is 69.6 cm³/mol. The van der Waals surface area contributed by atoms with Crippen LogP contribution in [-0.2, 0) is 0 Å². The molecule has 0 nitrogen and oxygen atoms in total. The van der Waals surface area contributed by atoms with Crippen LogP contribution in [0.2, 0.25) is 5.02 Å². The summed E-state index contributed by atoms with van der Waals surface area (Å²) in [5, 5.41) is 2.93. The van der Waals surface area contributed by atoms with Gasteiger partial charge in [-0.1, -0.05) is 55.2 Å². The van der Waals surface area contributed by atoms with Crippen LogP contribution in [0.5, 0.6) is 0 Å². The van der Waals surface area contributed by atoms with E-state index in [0.717, 1.165) is 5.02 Å². The highest BCUT2D eigenvalue weighted by atomic mass is 79.9. The molecule has 1 aromatic heterocycles. The minimum absolute atomic E-state index is 0.293. The Morgan fingerprint density at radius 3 is 2.36 bits per heavy atom. The Kier molecular flexibility index (Phi) is 4.07. The first-order valence-corrected chi connectivity index (χ1v) is 6.88. The molecule has 80 valence electrons. The maximum Gasteiger partial charge on any atom is 0.0556 e. The van der Waals surface area contributed by atoms with Crippen LogP contribution in [0.4, 0.5) is 0 Å². The summed E-state index contributed by atoms with van der Waals surface area (Å²) in [6.07, 6.45) is 0. The van der Waals surface area contributed by atoms with E-state index in [-0.39, 0.29) is 0 Å². The van der Waals surface area contributed by atoms with E-state index in [2.05, 4.69) is 43.6 Å². The van der Waals surface area contributed by atoms with Crippen LogP contribution < -0.4 is 0 Å². The summed E-state index contributed by atoms with van der Waals surface area (Å²) in [4.78, 5) is 1.60. The van der Waals surface area contributed by atoms with Crippen molar-refractivity contribution in [1.29, 1.82) is 0 Å². The van der Waals surface area contributed by atoms with E-state index < -0.39 is 0 Å². The van der Waals surface area contributed by atoms with E-state index in [9.17, 15) is 0 Å². The lowest BCUT2D eigenvalue weighted by Crippen LogP contribution is -2.20. The van der Waals surface area contributed by atoms with E-state index in [1.165, 1.54) is 4.88 Å². The quantitative estimate of drug-likeness (QED) is 0.630. The van der Waals surface area contributed by atoms with Crippen LogP contribution in [0.1, 0.15) is 37.4 Å². The highest BCUT2D eigenvalue weighted by Crippen LogP contribution is 2.45. The Morgan fingerprint density at radius 1 is 1.43 bits per heavy atom. The van der Waals surface area contributed by atoms with Crippen molar-refractivity contribution in [2.45, 2.75) is 32.5 Å².